The summed E-state index contributed by atoms with van der Waals surface area (Å²) in [6.45, 7) is 4.35. The van der Waals surface area contributed by atoms with E-state index in [2.05, 4.69) is 39.7 Å². The summed E-state index contributed by atoms with van der Waals surface area (Å²) in [6.07, 6.45) is 2.60. The fourth-order valence-electron chi connectivity index (χ4n) is 0.900. The zero-order chi connectivity index (χ0) is 8.27. The Hall–Kier alpha value is -0.440. The lowest BCUT2D eigenvalue weighted by molar-refractivity contribution is 0.633. The first-order chi connectivity index (χ1) is 5.18. The summed E-state index contributed by atoms with van der Waals surface area (Å²) in [5, 5.41) is 0. The van der Waals surface area contributed by atoms with Crippen molar-refractivity contribution in [3.05, 3.63) is 22.7 Å². The van der Waals surface area contributed by atoms with Gasteiger partial charge >= 0.3 is 0 Å². The summed E-state index contributed by atoms with van der Waals surface area (Å²) < 4.78 is 0.864. The van der Waals surface area contributed by atoms with Crippen LogP contribution in [0.2, 0.25) is 0 Å². The van der Waals surface area contributed by atoms with Crippen molar-refractivity contribution < 1.29 is 0 Å². The van der Waals surface area contributed by atoms with Gasteiger partial charge in [-0.15, -0.1) is 0 Å². The number of rotatable bonds is 2. The van der Waals surface area contributed by atoms with E-state index in [-0.39, 0.29) is 0 Å². The van der Waals surface area contributed by atoms with Gasteiger partial charge in [-0.05, 0) is 34.3 Å². The first-order valence-corrected chi connectivity index (χ1v) is 4.44. The summed E-state index contributed by atoms with van der Waals surface area (Å²) in [6, 6.07) is 1.96. The van der Waals surface area contributed by atoms with Gasteiger partial charge in [0.1, 0.15) is 10.9 Å². The highest BCUT2D eigenvalue weighted by atomic mass is 79.9. The van der Waals surface area contributed by atoms with E-state index in [1.165, 1.54) is 0 Å². The molecule has 0 spiro atoms. The van der Waals surface area contributed by atoms with Crippen molar-refractivity contribution in [2.75, 3.05) is 0 Å². The zero-order valence-electron chi connectivity index (χ0n) is 6.71. The maximum atomic E-state index is 4.14. The highest BCUT2D eigenvalue weighted by Crippen LogP contribution is 2.09. The Morgan fingerprint density at radius 3 is 2.73 bits per heavy atom. The van der Waals surface area contributed by atoms with Crippen LogP contribution in [0.4, 0.5) is 0 Å². The second kappa shape index (κ2) is 3.81. The molecule has 0 radical (unpaired) electrons. The molecule has 0 amide bonds. The van der Waals surface area contributed by atoms with Crippen LogP contribution in [-0.4, -0.2) is 9.97 Å². The van der Waals surface area contributed by atoms with Crippen molar-refractivity contribution in [1.82, 2.24) is 9.97 Å². The van der Waals surface area contributed by atoms with Crippen LogP contribution < -0.4 is 0 Å². The third-order valence-corrected chi connectivity index (χ3v) is 1.74. The average molecular weight is 215 g/mol. The molecule has 0 bridgehead atoms. The molecule has 3 heteroatoms. The Morgan fingerprint density at radius 2 is 2.18 bits per heavy atom. The molecule has 0 saturated carbocycles. The summed E-state index contributed by atoms with van der Waals surface area (Å²) in [4.78, 5) is 8.09. The van der Waals surface area contributed by atoms with Gasteiger partial charge in [0.25, 0.3) is 0 Å². The van der Waals surface area contributed by atoms with E-state index in [4.69, 9.17) is 0 Å². The standard InChI is InChI=1S/C8H11BrN2/c1-6(2)3-7-4-8(9)11-5-10-7/h4-6H,3H2,1-2H3. The summed E-state index contributed by atoms with van der Waals surface area (Å²) in [7, 11) is 0. The van der Waals surface area contributed by atoms with E-state index < -0.39 is 0 Å². The van der Waals surface area contributed by atoms with Gasteiger partial charge < -0.3 is 0 Å². The molecule has 0 aliphatic carbocycles. The smallest absolute Gasteiger partial charge is 0.116 e. The molecule has 0 N–H and O–H groups in total. The molecule has 1 aromatic heterocycles. The SMILES string of the molecule is CC(C)Cc1cc(Br)ncn1. The van der Waals surface area contributed by atoms with Crippen molar-refractivity contribution >= 4 is 15.9 Å². The summed E-state index contributed by atoms with van der Waals surface area (Å²) in [5.41, 5.74) is 1.10. The fourth-order valence-corrected chi connectivity index (χ4v) is 1.26. The first-order valence-electron chi connectivity index (χ1n) is 3.65. The van der Waals surface area contributed by atoms with E-state index in [0.717, 1.165) is 16.7 Å². The van der Waals surface area contributed by atoms with Gasteiger partial charge in [-0.2, -0.15) is 0 Å². The summed E-state index contributed by atoms with van der Waals surface area (Å²) in [5.74, 6) is 0.650. The highest BCUT2D eigenvalue weighted by Gasteiger charge is 1.99. The van der Waals surface area contributed by atoms with Crippen molar-refractivity contribution in [1.29, 1.82) is 0 Å². The molecule has 0 aliphatic heterocycles. The topological polar surface area (TPSA) is 25.8 Å². The maximum Gasteiger partial charge on any atom is 0.116 e. The minimum Gasteiger partial charge on any atom is -0.241 e. The van der Waals surface area contributed by atoms with Crippen molar-refractivity contribution in [3.8, 4) is 0 Å². The number of aromatic nitrogens is 2. The molecular weight excluding hydrogens is 204 g/mol. The number of nitrogens with zero attached hydrogens (tertiary/aromatic N) is 2. The molecule has 0 aliphatic rings. The van der Waals surface area contributed by atoms with Crippen LogP contribution in [0.25, 0.3) is 0 Å². The lowest BCUT2D eigenvalue weighted by atomic mass is 10.1. The van der Waals surface area contributed by atoms with Crippen LogP contribution in [0.15, 0.2) is 17.0 Å². The van der Waals surface area contributed by atoms with Gasteiger partial charge in [0.15, 0.2) is 0 Å². The molecule has 0 fully saturated rings. The van der Waals surface area contributed by atoms with Crippen LogP contribution in [0.5, 0.6) is 0 Å². The van der Waals surface area contributed by atoms with Crippen LogP contribution in [-0.2, 0) is 6.42 Å². The fraction of sp³-hybridized carbons (Fsp3) is 0.500. The van der Waals surface area contributed by atoms with Crippen LogP contribution in [0.3, 0.4) is 0 Å². The molecule has 1 aromatic rings. The van der Waals surface area contributed by atoms with Crippen molar-refractivity contribution in [3.63, 3.8) is 0 Å². The Morgan fingerprint density at radius 1 is 1.45 bits per heavy atom. The van der Waals surface area contributed by atoms with Gasteiger partial charge in [-0.3, -0.25) is 0 Å². The Kier molecular flexibility index (Phi) is 3.00. The minimum atomic E-state index is 0.650. The van der Waals surface area contributed by atoms with Gasteiger partial charge in [-0.1, -0.05) is 13.8 Å². The molecule has 1 rings (SSSR count). The second-order valence-electron chi connectivity index (χ2n) is 2.93. The van der Waals surface area contributed by atoms with Crippen molar-refractivity contribution in [2.24, 2.45) is 5.92 Å². The monoisotopic (exact) mass is 214 g/mol. The van der Waals surface area contributed by atoms with Gasteiger partial charge in [0.2, 0.25) is 0 Å². The van der Waals surface area contributed by atoms with E-state index >= 15 is 0 Å². The van der Waals surface area contributed by atoms with Gasteiger partial charge in [-0.25, -0.2) is 9.97 Å². The zero-order valence-corrected chi connectivity index (χ0v) is 8.30. The first kappa shape index (κ1) is 8.65. The molecule has 1 heterocycles. The molecule has 0 saturated heterocycles. The largest absolute Gasteiger partial charge is 0.241 e. The quantitative estimate of drug-likeness (QED) is 0.708. The number of hydrogen-bond donors (Lipinski definition) is 0. The van der Waals surface area contributed by atoms with Gasteiger partial charge in [0.05, 0.1) is 0 Å². The van der Waals surface area contributed by atoms with E-state index in [0.29, 0.717) is 5.92 Å². The molecule has 0 unspecified atom stereocenters. The molecule has 2 nitrogen and oxygen atoms in total. The second-order valence-corrected chi connectivity index (χ2v) is 3.74. The summed E-state index contributed by atoms with van der Waals surface area (Å²) >= 11 is 3.30. The third-order valence-electron chi connectivity index (χ3n) is 1.31. The van der Waals surface area contributed by atoms with E-state index in [9.17, 15) is 0 Å². The van der Waals surface area contributed by atoms with E-state index in [1.807, 2.05) is 6.07 Å². The Bertz CT molecular complexity index is 235. The third kappa shape index (κ3) is 2.97. The normalized spacial score (nSPS) is 10.5. The van der Waals surface area contributed by atoms with Crippen LogP contribution >= 0.6 is 15.9 Å². The minimum absolute atomic E-state index is 0.650. The number of halogens is 1. The highest BCUT2D eigenvalue weighted by molar-refractivity contribution is 9.10. The molecule has 0 aromatic carbocycles. The lowest BCUT2D eigenvalue weighted by Gasteiger charge is -2.02. The number of hydrogen-bond acceptors (Lipinski definition) is 2. The maximum absolute atomic E-state index is 4.14. The van der Waals surface area contributed by atoms with Gasteiger partial charge in [0, 0.05) is 5.69 Å². The average Bonchev–Trinajstić information content (AvgIpc) is 1.85. The van der Waals surface area contributed by atoms with E-state index in [1.54, 1.807) is 6.33 Å². The van der Waals surface area contributed by atoms with Crippen LogP contribution in [0, 0.1) is 5.92 Å². The Labute approximate surface area is 75.2 Å². The predicted octanol–water partition coefficient (Wildman–Crippen LogP) is 2.44. The molecule has 60 valence electrons. The van der Waals surface area contributed by atoms with Crippen LogP contribution in [0.1, 0.15) is 19.5 Å². The molecule has 0 atom stereocenters. The lowest BCUT2D eigenvalue weighted by Crippen LogP contribution is -1.97. The van der Waals surface area contributed by atoms with Crippen molar-refractivity contribution in [2.45, 2.75) is 20.3 Å². The molecule has 11 heavy (non-hydrogen) atoms. The predicted molar refractivity (Wildman–Crippen MR) is 48.3 cm³/mol. The molecular formula is C8H11BrN2. The Balaban J connectivity index is 2.71.